The topological polar surface area (TPSA) is 93.5 Å². The number of hydrogen-bond donors (Lipinski definition) is 3. The second-order valence-electron chi connectivity index (χ2n) is 4.81. The van der Waals surface area contributed by atoms with E-state index in [9.17, 15) is 9.59 Å². The van der Waals surface area contributed by atoms with Crippen molar-refractivity contribution < 1.29 is 14.3 Å². The van der Waals surface area contributed by atoms with Gasteiger partial charge in [0.05, 0.1) is 20.2 Å². The Kier molecular flexibility index (Phi) is 5.32. The summed E-state index contributed by atoms with van der Waals surface area (Å²) in [6.45, 7) is 0.210. The third-order valence-corrected chi connectivity index (χ3v) is 3.23. The van der Waals surface area contributed by atoms with Gasteiger partial charge in [0.2, 0.25) is 11.8 Å². The molecule has 0 heterocycles. The zero-order chi connectivity index (χ0) is 15.9. The van der Waals surface area contributed by atoms with Crippen molar-refractivity contribution in [2.75, 3.05) is 20.2 Å². The van der Waals surface area contributed by atoms with Crippen LogP contribution < -0.4 is 21.1 Å². The number of carbonyl (C=O) groups is 2. The minimum atomic E-state index is -0.352. The van der Waals surface area contributed by atoms with Gasteiger partial charge in [-0.1, -0.05) is 18.2 Å². The summed E-state index contributed by atoms with van der Waals surface area (Å²) < 4.78 is 5.19. The van der Waals surface area contributed by atoms with Crippen LogP contribution in [-0.2, 0) is 16.1 Å². The van der Waals surface area contributed by atoms with E-state index < -0.39 is 0 Å². The maximum atomic E-state index is 11.6. The number of fused-ring (bicyclic) bond motifs is 1. The average Bonchev–Trinajstić information content (AvgIpc) is 2.56. The van der Waals surface area contributed by atoms with E-state index >= 15 is 0 Å². The molecule has 0 aromatic heterocycles. The number of benzene rings is 2. The van der Waals surface area contributed by atoms with Crippen molar-refractivity contribution in [2.24, 2.45) is 5.73 Å². The zero-order valence-electron chi connectivity index (χ0n) is 12.4. The summed E-state index contributed by atoms with van der Waals surface area (Å²) in [6.07, 6.45) is 0. The Morgan fingerprint density at radius 1 is 1.05 bits per heavy atom. The monoisotopic (exact) mass is 301 g/mol. The number of hydrogen-bond acceptors (Lipinski definition) is 4. The molecule has 0 fully saturated rings. The van der Waals surface area contributed by atoms with Crippen LogP contribution in [0.15, 0.2) is 36.4 Å². The Bertz CT molecular complexity index is 685. The quantitative estimate of drug-likeness (QED) is 0.726. The molecule has 0 spiro atoms. The SMILES string of the molecule is COc1ccc2cc(CNC(=O)CNC(=O)CN)ccc2c1. The number of nitrogens with two attached hydrogens (primary N) is 1. The first-order valence-electron chi connectivity index (χ1n) is 6.92. The molecule has 22 heavy (non-hydrogen) atoms. The van der Waals surface area contributed by atoms with E-state index in [1.165, 1.54) is 0 Å². The molecule has 6 nitrogen and oxygen atoms in total. The van der Waals surface area contributed by atoms with Gasteiger partial charge in [-0.3, -0.25) is 9.59 Å². The summed E-state index contributed by atoms with van der Waals surface area (Å²) in [7, 11) is 1.63. The summed E-state index contributed by atoms with van der Waals surface area (Å²) in [5.74, 6) is 0.204. The van der Waals surface area contributed by atoms with E-state index in [0.29, 0.717) is 6.54 Å². The van der Waals surface area contributed by atoms with Crippen LogP contribution in [0.4, 0.5) is 0 Å². The minimum Gasteiger partial charge on any atom is -0.497 e. The van der Waals surface area contributed by atoms with Gasteiger partial charge in [-0.05, 0) is 34.5 Å². The standard InChI is InChI=1S/C16H19N3O3/c1-22-14-5-4-12-6-11(2-3-13(12)7-14)9-18-16(21)10-19-15(20)8-17/h2-7H,8-10,17H2,1H3,(H,18,21)(H,19,20). The van der Waals surface area contributed by atoms with Crippen LogP contribution in [0.5, 0.6) is 5.75 Å². The van der Waals surface area contributed by atoms with Crippen LogP contribution in [0.3, 0.4) is 0 Å². The second kappa shape index (κ2) is 7.42. The predicted molar refractivity (Wildman–Crippen MR) is 84.4 cm³/mol. The number of amides is 2. The lowest BCUT2D eigenvalue weighted by atomic mass is 10.1. The van der Waals surface area contributed by atoms with Crippen molar-refractivity contribution in [2.45, 2.75) is 6.54 Å². The predicted octanol–water partition coefficient (Wildman–Crippen LogP) is 0.539. The Balaban J connectivity index is 1.94. The van der Waals surface area contributed by atoms with E-state index in [1.54, 1.807) is 7.11 Å². The molecule has 2 aromatic rings. The molecule has 0 saturated heterocycles. The van der Waals surface area contributed by atoms with Gasteiger partial charge in [0.15, 0.2) is 0 Å². The number of methoxy groups -OCH3 is 1. The molecule has 6 heteroatoms. The molecule has 2 aromatic carbocycles. The van der Waals surface area contributed by atoms with Crippen molar-refractivity contribution >= 4 is 22.6 Å². The molecule has 2 amide bonds. The highest BCUT2D eigenvalue weighted by atomic mass is 16.5. The summed E-state index contributed by atoms with van der Waals surface area (Å²) in [6, 6.07) is 11.8. The fourth-order valence-corrected chi connectivity index (χ4v) is 2.02. The third kappa shape index (κ3) is 4.20. The normalized spacial score (nSPS) is 10.3. The zero-order valence-corrected chi connectivity index (χ0v) is 12.4. The van der Waals surface area contributed by atoms with Crippen molar-refractivity contribution in [3.63, 3.8) is 0 Å². The number of ether oxygens (including phenoxy) is 1. The summed E-state index contributed by atoms with van der Waals surface area (Å²) >= 11 is 0. The largest absolute Gasteiger partial charge is 0.497 e. The highest BCUT2D eigenvalue weighted by Crippen LogP contribution is 2.21. The molecular weight excluding hydrogens is 282 g/mol. The molecule has 0 bridgehead atoms. The molecule has 0 saturated carbocycles. The summed E-state index contributed by atoms with van der Waals surface area (Å²) in [5.41, 5.74) is 6.13. The van der Waals surface area contributed by atoms with Gasteiger partial charge >= 0.3 is 0 Å². The smallest absolute Gasteiger partial charge is 0.239 e. The summed E-state index contributed by atoms with van der Waals surface area (Å²) in [4.78, 5) is 22.6. The third-order valence-electron chi connectivity index (χ3n) is 3.23. The second-order valence-corrected chi connectivity index (χ2v) is 4.81. The van der Waals surface area contributed by atoms with E-state index in [0.717, 1.165) is 22.1 Å². The average molecular weight is 301 g/mol. The molecule has 0 unspecified atom stereocenters. The van der Waals surface area contributed by atoms with Gasteiger partial charge in [0.25, 0.3) is 0 Å². The van der Waals surface area contributed by atoms with E-state index in [-0.39, 0.29) is 24.9 Å². The van der Waals surface area contributed by atoms with Crippen LogP contribution in [0.25, 0.3) is 10.8 Å². The maximum absolute atomic E-state index is 11.6. The van der Waals surface area contributed by atoms with Crippen molar-refractivity contribution in [1.82, 2.24) is 10.6 Å². The van der Waals surface area contributed by atoms with Gasteiger partial charge in [-0.2, -0.15) is 0 Å². The maximum Gasteiger partial charge on any atom is 0.239 e. The van der Waals surface area contributed by atoms with Crippen LogP contribution in [0.1, 0.15) is 5.56 Å². The Morgan fingerprint density at radius 2 is 1.77 bits per heavy atom. The van der Waals surface area contributed by atoms with Crippen LogP contribution in [0.2, 0.25) is 0 Å². The molecule has 2 rings (SSSR count). The molecule has 0 aliphatic heterocycles. The lowest BCUT2D eigenvalue weighted by Gasteiger charge is -2.08. The van der Waals surface area contributed by atoms with Gasteiger partial charge in [-0.15, -0.1) is 0 Å². The minimum absolute atomic E-state index is 0.0686. The Hall–Kier alpha value is -2.60. The molecule has 0 radical (unpaired) electrons. The van der Waals surface area contributed by atoms with Gasteiger partial charge < -0.3 is 21.1 Å². The first kappa shape index (κ1) is 15.8. The molecular formula is C16H19N3O3. The molecule has 4 N–H and O–H groups in total. The lowest BCUT2D eigenvalue weighted by molar-refractivity contribution is -0.125. The van der Waals surface area contributed by atoms with Crippen LogP contribution in [-0.4, -0.2) is 32.0 Å². The first-order valence-corrected chi connectivity index (χ1v) is 6.92. The Labute approximate surface area is 128 Å². The van der Waals surface area contributed by atoms with E-state index in [4.69, 9.17) is 10.5 Å². The molecule has 0 aliphatic rings. The number of rotatable bonds is 6. The first-order chi connectivity index (χ1) is 10.6. The van der Waals surface area contributed by atoms with Crippen molar-refractivity contribution in [3.8, 4) is 5.75 Å². The Morgan fingerprint density at radius 3 is 2.50 bits per heavy atom. The highest BCUT2D eigenvalue weighted by Gasteiger charge is 2.04. The fourth-order valence-electron chi connectivity index (χ4n) is 2.02. The van der Waals surface area contributed by atoms with Gasteiger partial charge in [0.1, 0.15) is 5.75 Å². The van der Waals surface area contributed by atoms with Crippen LogP contribution in [0, 0.1) is 0 Å². The van der Waals surface area contributed by atoms with Gasteiger partial charge in [0, 0.05) is 6.54 Å². The van der Waals surface area contributed by atoms with Crippen molar-refractivity contribution in [3.05, 3.63) is 42.0 Å². The molecule has 0 aliphatic carbocycles. The van der Waals surface area contributed by atoms with Gasteiger partial charge in [-0.25, -0.2) is 0 Å². The highest BCUT2D eigenvalue weighted by molar-refractivity contribution is 5.86. The lowest BCUT2D eigenvalue weighted by Crippen LogP contribution is -2.39. The molecule has 116 valence electrons. The fraction of sp³-hybridized carbons (Fsp3) is 0.250. The van der Waals surface area contributed by atoms with E-state index in [1.807, 2.05) is 36.4 Å². The van der Waals surface area contributed by atoms with Crippen LogP contribution >= 0.6 is 0 Å². The van der Waals surface area contributed by atoms with E-state index in [2.05, 4.69) is 10.6 Å². The molecule has 0 atom stereocenters. The number of nitrogens with one attached hydrogen (secondary N) is 2. The van der Waals surface area contributed by atoms with Crippen molar-refractivity contribution in [1.29, 1.82) is 0 Å². The summed E-state index contributed by atoms with van der Waals surface area (Å²) in [5, 5.41) is 7.31. The number of carbonyl (C=O) groups excluding carboxylic acids is 2.